The number of benzene rings is 2. The maximum atomic E-state index is 13.3. The normalized spacial score (nSPS) is 10.5. The van der Waals surface area contributed by atoms with Gasteiger partial charge in [0, 0.05) is 24.0 Å². The van der Waals surface area contributed by atoms with Crippen LogP contribution in [0.1, 0.15) is 23.2 Å². The summed E-state index contributed by atoms with van der Waals surface area (Å²) in [6.07, 6.45) is 0. The second kappa shape index (κ2) is 8.14. The largest absolute Gasteiger partial charge is 0.340 e. The third-order valence-electron chi connectivity index (χ3n) is 3.88. The van der Waals surface area contributed by atoms with E-state index >= 15 is 0 Å². The Morgan fingerprint density at radius 2 is 1.89 bits per heavy atom. The van der Waals surface area contributed by atoms with E-state index < -0.39 is 5.82 Å². The van der Waals surface area contributed by atoms with Gasteiger partial charge >= 0.3 is 0 Å². The third kappa shape index (κ3) is 4.41. The van der Waals surface area contributed by atoms with Gasteiger partial charge in [-0.2, -0.15) is 0 Å². The molecular formula is C20H18ClFN4O. The molecule has 0 saturated heterocycles. The summed E-state index contributed by atoms with van der Waals surface area (Å²) in [5.74, 6) is 0.145. The number of carbonyl (C=O) groups is 1. The first-order valence-electron chi connectivity index (χ1n) is 8.42. The zero-order chi connectivity index (χ0) is 19.4. The maximum Gasteiger partial charge on any atom is 0.277 e. The van der Waals surface area contributed by atoms with E-state index in [2.05, 4.69) is 15.3 Å². The molecule has 0 aliphatic carbocycles. The van der Waals surface area contributed by atoms with Gasteiger partial charge < -0.3 is 10.2 Å². The molecule has 0 aliphatic rings. The number of aryl methyl sites for hydroxylation is 1. The molecule has 3 rings (SSSR count). The Morgan fingerprint density at radius 3 is 2.56 bits per heavy atom. The van der Waals surface area contributed by atoms with Crippen LogP contribution < -0.4 is 10.2 Å². The van der Waals surface area contributed by atoms with Gasteiger partial charge in [0.25, 0.3) is 5.91 Å². The number of carbonyl (C=O) groups excluding carboxylic acids is 1. The number of hydrogen-bond donors (Lipinski definition) is 1. The predicted octanol–water partition coefficient (Wildman–Crippen LogP) is 4.99. The third-order valence-corrected chi connectivity index (χ3v) is 4.17. The fraction of sp³-hybridized carbons (Fsp3) is 0.150. The Labute approximate surface area is 161 Å². The smallest absolute Gasteiger partial charge is 0.277 e. The van der Waals surface area contributed by atoms with Crippen LogP contribution in [0.2, 0.25) is 5.02 Å². The van der Waals surface area contributed by atoms with E-state index in [1.807, 2.05) is 37.3 Å². The molecule has 0 unspecified atom stereocenters. The molecule has 1 N–H and O–H groups in total. The van der Waals surface area contributed by atoms with E-state index in [1.54, 1.807) is 24.0 Å². The lowest BCUT2D eigenvalue weighted by Gasteiger charge is -2.21. The van der Waals surface area contributed by atoms with Crippen molar-refractivity contribution in [3.05, 3.63) is 77.0 Å². The standard InChI is InChI=1S/C20H18ClFN4O/c1-3-26(15-7-5-4-6-8-15)20(27)18-12-19(24-13(2)23-18)25-14-9-10-17(22)16(21)11-14/h4-12H,3H2,1-2H3,(H,23,24,25). The molecule has 2 aromatic carbocycles. The number of nitrogens with zero attached hydrogens (tertiary/aromatic N) is 3. The average Bonchev–Trinajstić information content (AvgIpc) is 2.66. The van der Waals surface area contributed by atoms with Crippen LogP contribution in [-0.4, -0.2) is 22.4 Å². The highest BCUT2D eigenvalue weighted by Gasteiger charge is 2.19. The molecular weight excluding hydrogens is 367 g/mol. The molecule has 1 aromatic heterocycles. The van der Waals surface area contributed by atoms with Crippen molar-refractivity contribution in [2.75, 3.05) is 16.8 Å². The zero-order valence-electron chi connectivity index (χ0n) is 14.9. The molecule has 0 spiro atoms. The van der Waals surface area contributed by atoms with Crippen LogP contribution in [0.4, 0.5) is 21.6 Å². The van der Waals surface area contributed by atoms with E-state index in [-0.39, 0.29) is 16.6 Å². The van der Waals surface area contributed by atoms with Crippen molar-refractivity contribution in [3.8, 4) is 0 Å². The van der Waals surface area contributed by atoms with Crippen molar-refractivity contribution < 1.29 is 9.18 Å². The first kappa shape index (κ1) is 18.8. The number of amides is 1. The molecule has 5 nitrogen and oxygen atoms in total. The highest BCUT2D eigenvalue weighted by Crippen LogP contribution is 2.23. The van der Waals surface area contributed by atoms with Gasteiger partial charge in [0.05, 0.1) is 5.02 Å². The van der Waals surface area contributed by atoms with E-state index in [9.17, 15) is 9.18 Å². The molecule has 0 radical (unpaired) electrons. The Morgan fingerprint density at radius 1 is 1.15 bits per heavy atom. The molecule has 7 heteroatoms. The van der Waals surface area contributed by atoms with Crippen molar-refractivity contribution in [2.45, 2.75) is 13.8 Å². The number of hydrogen-bond acceptors (Lipinski definition) is 4. The summed E-state index contributed by atoms with van der Waals surface area (Å²) in [6, 6.07) is 15.2. The minimum atomic E-state index is -0.501. The summed E-state index contributed by atoms with van der Waals surface area (Å²) >= 11 is 5.81. The van der Waals surface area contributed by atoms with Gasteiger partial charge in [0.1, 0.15) is 23.2 Å². The number of rotatable bonds is 5. The Hall–Kier alpha value is -2.99. The van der Waals surface area contributed by atoms with Crippen molar-refractivity contribution >= 4 is 34.7 Å². The summed E-state index contributed by atoms with van der Waals surface area (Å²) in [5, 5.41) is 3.03. The van der Waals surface area contributed by atoms with Crippen LogP contribution in [0.15, 0.2) is 54.6 Å². The number of para-hydroxylation sites is 1. The number of anilines is 3. The van der Waals surface area contributed by atoms with Gasteiger partial charge in [-0.05, 0) is 44.2 Å². The quantitative estimate of drug-likeness (QED) is 0.673. The van der Waals surface area contributed by atoms with E-state index in [1.165, 1.54) is 12.1 Å². The second-order valence-corrected chi connectivity index (χ2v) is 6.23. The van der Waals surface area contributed by atoms with E-state index in [0.29, 0.717) is 23.9 Å². The SMILES string of the molecule is CCN(C(=O)c1cc(Nc2ccc(F)c(Cl)c2)nc(C)n1)c1ccccc1. The molecule has 0 saturated carbocycles. The van der Waals surface area contributed by atoms with Gasteiger partial charge in [-0.1, -0.05) is 29.8 Å². The first-order chi connectivity index (χ1) is 13.0. The fourth-order valence-corrected chi connectivity index (χ4v) is 2.83. The van der Waals surface area contributed by atoms with Crippen molar-refractivity contribution in [1.82, 2.24) is 9.97 Å². The molecule has 1 heterocycles. The first-order valence-corrected chi connectivity index (χ1v) is 8.80. The topological polar surface area (TPSA) is 58.1 Å². The Kier molecular flexibility index (Phi) is 5.66. The van der Waals surface area contributed by atoms with Crippen LogP contribution in [0.3, 0.4) is 0 Å². The van der Waals surface area contributed by atoms with E-state index in [4.69, 9.17) is 11.6 Å². The summed E-state index contributed by atoms with van der Waals surface area (Å²) in [5.41, 5.74) is 1.62. The molecule has 0 bridgehead atoms. The number of halogens is 2. The molecule has 1 amide bonds. The Bertz CT molecular complexity index is 965. The van der Waals surface area contributed by atoms with Gasteiger partial charge in [-0.25, -0.2) is 14.4 Å². The van der Waals surface area contributed by atoms with Gasteiger partial charge in [0.15, 0.2) is 0 Å². The lowest BCUT2D eigenvalue weighted by molar-refractivity contribution is 0.0983. The van der Waals surface area contributed by atoms with Crippen LogP contribution >= 0.6 is 11.6 Å². The highest BCUT2D eigenvalue weighted by atomic mass is 35.5. The summed E-state index contributed by atoms with van der Waals surface area (Å²) in [7, 11) is 0. The van der Waals surface area contributed by atoms with Crippen LogP contribution in [-0.2, 0) is 0 Å². The number of nitrogens with one attached hydrogen (secondary N) is 1. The van der Waals surface area contributed by atoms with Crippen molar-refractivity contribution in [3.63, 3.8) is 0 Å². The number of aromatic nitrogens is 2. The molecule has 0 aliphatic heterocycles. The zero-order valence-corrected chi connectivity index (χ0v) is 15.7. The lowest BCUT2D eigenvalue weighted by Crippen LogP contribution is -2.31. The van der Waals surface area contributed by atoms with Gasteiger partial charge in [0.2, 0.25) is 0 Å². The molecule has 0 fully saturated rings. The summed E-state index contributed by atoms with van der Waals surface area (Å²) in [6.45, 7) is 4.11. The average molecular weight is 385 g/mol. The van der Waals surface area contributed by atoms with Gasteiger partial charge in [-0.3, -0.25) is 4.79 Å². The Balaban J connectivity index is 1.90. The monoisotopic (exact) mass is 384 g/mol. The minimum Gasteiger partial charge on any atom is -0.340 e. The summed E-state index contributed by atoms with van der Waals surface area (Å²) in [4.78, 5) is 23.2. The molecule has 3 aromatic rings. The summed E-state index contributed by atoms with van der Waals surface area (Å²) < 4.78 is 13.3. The predicted molar refractivity (Wildman–Crippen MR) is 105 cm³/mol. The van der Waals surface area contributed by atoms with Crippen molar-refractivity contribution in [1.29, 1.82) is 0 Å². The lowest BCUT2D eigenvalue weighted by atomic mass is 10.2. The fourth-order valence-electron chi connectivity index (χ4n) is 2.65. The van der Waals surface area contributed by atoms with Gasteiger partial charge in [-0.15, -0.1) is 0 Å². The minimum absolute atomic E-state index is 0.00307. The second-order valence-electron chi connectivity index (χ2n) is 5.82. The molecule has 138 valence electrons. The van der Waals surface area contributed by atoms with Crippen LogP contribution in [0, 0.1) is 12.7 Å². The van der Waals surface area contributed by atoms with Crippen LogP contribution in [0.25, 0.3) is 0 Å². The molecule has 0 atom stereocenters. The van der Waals surface area contributed by atoms with E-state index in [0.717, 1.165) is 5.69 Å². The van der Waals surface area contributed by atoms with Crippen molar-refractivity contribution in [2.24, 2.45) is 0 Å². The maximum absolute atomic E-state index is 13.3. The van der Waals surface area contributed by atoms with Crippen LogP contribution in [0.5, 0.6) is 0 Å². The molecule has 27 heavy (non-hydrogen) atoms. The highest BCUT2D eigenvalue weighted by molar-refractivity contribution is 6.31.